The van der Waals surface area contributed by atoms with Crippen LogP contribution in [0.5, 0.6) is 0 Å². The summed E-state index contributed by atoms with van der Waals surface area (Å²) in [6, 6.07) is 8.69. The maximum Gasteiger partial charge on any atom is 0.330 e. The zero-order chi connectivity index (χ0) is 14.7. The number of hydrogen-bond donors (Lipinski definition) is 2. The highest BCUT2D eigenvalue weighted by atomic mass is 35.5. The highest BCUT2D eigenvalue weighted by molar-refractivity contribution is 7.20. The minimum atomic E-state index is -1.15. The van der Waals surface area contributed by atoms with Gasteiger partial charge in [-0.3, -0.25) is 4.79 Å². The van der Waals surface area contributed by atoms with Crippen LogP contribution in [0.2, 0.25) is 8.67 Å². The molecular formula is C13H9Cl2NO3S. The molecule has 0 saturated heterocycles. The summed E-state index contributed by atoms with van der Waals surface area (Å²) in [5.41, 5.74) is 0.648. The molecule has 0 aliphatic carbocycles. The van der Waals surface area contributed by atoms with E-state index in [0.29, 0.717) is 9.90 Å². The Hall–Kier alpha value is -1.56. The molecule has 2 rings (SSSR count). The molecule has 0 aliphatic rings. The summed E-state index contributed by atoms with van der Waals surface area (Å²) < 4.78 is 0.594. The highest BCUT2D eigenvalue weighted by Crippen LogP contribution is 2.31. The molecule has 0 radical (unpaired) electrons. The fourth-order valence-corrected chi connectivity index (χ4v) is 3.10. The van der Waals surface area contributed by atoms with E-state index in [0.717, 1.165) is 11.3 Å². The van der Waals surface area contributed by atoms with Gasteiger partial charge in [-0.15, -0.1) is 11.3 Å². The number of aliphatic carboxylic acids is 1. The van der Waals surface area contributed by atoms with Gasteiger partial charge in [0.2, 0.25) is 0 Å². The molecule has 0 saturated carbocycles. The van der Waals surface area contributed by atoms with Crippen LogP contribution in [0.1, 0.15) is 22.0 Å². The standard InChI is InChI=1S/C13H9Cl2NO3S/c14-9-6-8(11(15)20-9)12(17)16-10(13(18)19)7-4-2-1-3-5-7/h1-6,10H,(H,16,17)(H,18,19)/t10-/m1/s1. The minimum Gasteiger partial charge on any atom is -0.479 e. The maximum absolute atomic E-state index is 12.1. The Balaban J connectivity index is 2.23. The van der Waals surface area contributed by atoms with E-state index in [4.69, 9.17) is 23.2 Å². The van der Waals surface area contributed by atoms with Crippen LogP contribution >= 0.6 is 34.5 Å². The molecule has 0 fully saturated rings. The van der Waals surface area contributed by atoms with E-state index in [-0.39, 0.29) is 9.90 Å². The molecule has 2 N–H and O–H groups in total. The van der Waals surface area contributed by atoms with E-state index < -0.39 is 17.9 Å². The third kappa shape index (κ3) is 3.30. The van der Waals surface area contributed by atoms with Gasteiger partial charge in [0.25, 0.3) is 5.91 Å². The molecule has 1 amide bonds. The van der Waals surface area contributed by atoms with Crippen LogP contribution in [0.25, 0.3) is 0 Å². The predicted octanol–water partition coefficient (Wildman–Crippen LogP) is 3.61. The molecule has 4 nitrogen and oxygen atoms in total. The molecule has 20 heavy (non-hydrogen) atoms. The van der Waals surface area contributed by atoms with E-state index in [1.165, 1.54) is 6.07 Å². The summed E-state index contributed by atoms with van der Waals surface area (Å²) in [4.78, 5) is 23.3. The number of rotatable bonds is 4. The second-order valence-electron chi connectivity index (χ2n) is 3.89. The quantitative estimate of drug-likeness (QED) is 0.900. The fourth-order valence-electron chi connectivity index (χ4n) is 1.64. The molecule has 0 aliphatic heterocycles. The van der Waals surface area contributed by atoms with Gasteiger partial charge in [0.1, 0.15) is 4.34 Å². The van der Waals surface area contributed by atoms with Crippen molar-refractivity contribution in [2.24, 2.45) is 0 Å². The van der Waals surface area contributed by atoms with Gasteiger partial charge in [0.05, 0.1) is 9.90 Å². The second-order valence-corrected chi connectivity index (χ2v) is 6.18. The Labute approximate surface area is 128 Å². The normalized spacial score (nSPS) is 11.9. The number of carbonyl (C=O) groups is 2. The molecule has 1 atom stereocenters. The van der Waals surface area contributed by atoms with Crippen LogP contribution in [0.3, 0.4) is 0 Å². The van der Waals surface area contributed by atoms with Crippen LogP contribution in [0, 0.1) is 0 Å². The Morgan fingerprint density at radius 2 is 1.85 bits per heavy atom. The van der Waals surface area contributed by atoms with Gasteiger partial charge in [0, 0.05) is 0 Å². The number of carboxylic acids is 1. The number of nitrogens with one attached hydrogen (secondary N) is 1. The van der Waals surface area contributed by atoms with Gasteiger partial charge in [-0.1, -0.05) is 53.5 Å². The van der Waals surface area contributed by atoms with Crippen molar-refractivity contribution in [3.8, 4) is 0 Å². The lowest BCUT2D eigenvalue weighted by atomic mass is 10.1. The molecule has 0 unspecified atom stereocenters. The number of amides is 1. The summed E-state index contributed by atoms with van der Waals surface area (Å²) in [5.74, 6) is -1.73. The van der Waals surface area contributed by atoms with Gasteiger partial charge in [0.15, 0.2) is 6.04 Å². The van der Waals surface area contributed by atoms with Crippen LogP contribution in [-0.2, 0) is 4.79 Å². The smallest absolute Gasteiger partial charge is 0.330 e. The number of carboxylic acid groups (broad SMARTS) is 1. The predicted molar refractivity (Wildman–Crippen MR) is 78.6 cm³/mol. The van der Waals surface area contributed by atoms with Gasteiger partial charge >= 0.3 is 5.97 Å². The molecular weight excluding hydrogens is 321 g/mol. The van der Waals surface area contributed by atoms with Crippen molar-refractivity contribution in [1.82, 2.24) is 5.32 Å². The summed E-state index contributed by atoms with van der Waals surface area (Å²) in [7, 11) is 0. The molecule has 7 heteroatoms. The van der Waals surface area contributed by atoms with Gasteiger partial charge in [-0.05, 0) is 11.6 Å². The van der Waals surface area contributed by atoms with Crippen LogP contribution in [0.4, 0.5) is 0 Å². The van der Waals surface area contributed by atoms with E-state index in [9.17, 15) is 14.7 Å². The maximum atomic E-state index is 12.1. The largest absolute Gasteiger partial charge is 0.479 e. The van der Waals surface area contributed by atoms with Crippen molar-refractivity contribution < 1.29 is 14.7 Å². The molecule has 104 valence electrons. The average molecular weight is 330 g/mol. The first-order valence-electron chi connectivity index (χ1n) is 5.52. The number of hydrogen-bond acceptors (Lipinski definition) is 3. The lowest BCUT2D eigenvalue weighted by Crippen LogP contribution is -2.33. The molecule has 0 bridgehead atoms. The highest BCUT2D eigenvalue weighted by Gasteiger charge is 2.24. The summed E-state index contributed by atoms with van der Waals surface area (Å²) in [6.07, 6.45) is 0. The number of benzene rings is 1. The lowest BCUT2D eigenvalue weighted by Gasteiger charge is -2.14. The topological polar surface area (TPSA) is 66.4 Å². The Bertz CT molecular complexity index is 642. The monoisotopic (exact) mass is 329 g/mol. The van der Waals surface area contributed by atoms with E-state index in [1.807, 2.05) is 0 Å². The second kappa shape index (κ2) is 6.26. The van der Waals surface area contributed by atoms with Crippen molar-refractivity contribution in [3.63, 3.8) is 0 Å². The third-order valence-corrected chi connectivity index (χ3v) is 4.04. The van der Waals surface area contributed by atoms with Crippen molar-refractivity contribution in [2.75, 3.05) is 0 Å². The molecule has 1 aromatic carbocycles. The van der Waals surface area contributed by atoms with Crippen molar-refractivity contribution in [3.05, 3.63) is 56.2 Å². The van der Waals surface area contributed by atoms with Gasteiger partial charge in [-0.25, -0.2) is 4.79 Å². The van der Waals surface area contributed by atoms with Crippen LogP contribution in [-0.4, -0.2) is 17.0 Å². The third-order valence-electron chi connectivity index (χ3n) is 2.56. The molecule has 0 spiro atoms. The molecule has 2 aromatic rings. The Morgan fingerprint density at radius 1 is 1.20 bits per heavy atom. The molecule has 1 aromatic heterocycles. The van der Waals surface area contributed by atoms with E-state index in [2.05, 4.69) is 5.32 Å². The number of carbonyl (C=O) groups excluding carboxylic acids is 1. The zero-order valence-corrected chi connectivity index (χ0v) is 12.3. The first kappa shape index (κ1) is 14.8. The Morgan fingerprint density at radius 3 is 2.35 bits per heavy atom. The van der Waals surface area contributed by atoms with Crippen LogP contribution in [0.15, 0.2) is 36.4 Å². The van der Waals surface area contributed by atoms with E-state index >= 15 is 0 Å². The van der Waals surface area contributed by atoms with Crippen molar-refractivity contribution >= 4 is 46.4 Å². The lowest BCUT2D eigenvalue weighted by molar-refractivity contribution is -0.139. The van der Waals surface area contributed by atoms with Gasteiger partial charge < -0.3 is 10.4 Å². The number of thiophene rings is 1. The summed E-state index contributed by atoms with van der Waals surface area (Å²) in [5, 5.41) is 11.7. The van der Waals surface area contributed by atoms with E-state index in [1.54, 1.807) is 30.3 Å². The zero-order valence-electron chi connectivity index (χ0n) is 9.97. The summed E-state index contributed by atoms with van der Waals surface area (Å²) in [6.45, 7) is 0. The fraction of sp³-hybridized carbons (Fsp3) is 0.0769. The van der Waals surface area contributed by atoms with Crippen LogP contribution < -0.4 is 5.32 Å². The average Bonchev–Trinajstić information content (AvgIpc) is 2.75. The first-order valence-corrected chi connectivity index (χ1v) is 7.09. The van der Waals surface area contributed by atoms with Gasteiger partial charge in [-0.2, -0.15) is 0 Å². The minimum absolute atomic E-state index is 0.170. The Kier molecular flexibility index (Phi) is 4.65. The SMILES string of the molecule is O=C(N[C@@H](C(=O)O)c1ccccc1)c1cc(Cl)sc1Cl. The summed E-state index contributed by atoms with van der Waals surface area (Å²) >= 11 is 12.7. The van der Waals surface area contributed by atoms with Crippen molar-refractivity contribution in [2.45, 2.75) is 6.04 Å². The van der Waals surface area contributed by atoms with Crippen molar-refractivity contribution in [1.29, 1.82) is 0 Å². The number of halogens is 2. The molecule has 1 heterocycles. The first-order chi connectivity index (χ1) is 9.49.